The van der Waals surface area contributed by atoms with E-state index in [9.17, 15) is 4.79 Å². The van der Waals surface area contributed by atoms with Crippen LogP contribution in [0.25, 0.3) is 0 Å². The predicted octanol–water partition coefficient (Wildman–Crippen LogP) is 2.00. The minimum absolute atomic E-state index is 0.0371. The molecule has 1 heterocycles. The molecule has 3 nitrogen and oxygen atoms in total. The fourth-order valence-corrected chi connectivity index (χ4v) is 2.31. The van der Waals surface area contributed by atoms with Crippen molar-refractivity contribution in [3.63, 3.8) is 0 Å². The molecule has 0 aliphatic carbocycles. The zero-order valence-electron chi connectivity index (χ0n) is 10.5. The molecule has 0 aromatic heterocycles. The maximum Gasteiger partial charge on any atom is 0.323 e. The average molecular weight is 233 g/mol. The van der Waals surface area contributed by atoms with Crippen LogP contribution in [0.5, 0.6) is 0 Å². The molecule has 0 amide bonds. The Morgan fingerprint density at radius 2 is 2.12 bits per heavy atom. The van der Waals surface area contributed by atoms with Gasteiger partial charge >= 0.3 is 5.97 Å². The first-order chi connectivity index (χ1) is 8.26. The fraction of sp³-hybridized carbons (Fsp3) is 0.500. The van der Waals surface area contributed by atoms with Crippen LogP contribution in [0.2, 0.25) is 0 Å². The number of ether oxygens (including phenoxy) is 1. The van der Waals surface area contributed by atoms with Crippen LogP contribution in [0.4, 0.5) is 0 Å². The predicted molar refractivity (Wildman–Crippen MR) is 66.7 cm³/mol. The quantitative estimate of drug-likeness (QED) is 0.745. The number of aryl methyl sites for hydroxylation is 1. The van der Waals surface area contributed by atoms with E-state index in [1.54, 1.807) is 0 Å². The van der Waals surface area contributed by atoms with Crippen molar-refractivity contribution in [1.29, 1.82) is 0 Å². The summed E-state index contributed by atoms with van der Waals surface area (Å²) in [5, 5.41) is 0. The molecule has 1 atom stereocenters. The van der Waals surface area contributed by atoms with Crippen LogP contribution in [0, 0.1) is 0 Å². The molecule has 1 aliphatic rings. The molecule has 3 heteroatoms. The van der Waals surface area contributed by atoms with Crippen molar-refractivity contribution in [3.8, 4) is 0 Å². The van der Waals surface area contributed by atoms with E-state index >= 15 is 0 Å². The maximum absolute atomic E-state index is 11.5. The van der Waals surface area contributed by atoms with E-state index in [2.05, 4.69) is 36.1 Å². The molecule has 0 spiro atoms. The smallest absolute Gasteiger partial charge is 0.323 e. The van der Waals surface area contributed by atoms with Crippen molar-refractivity contribution >= 4 is 5.97 Å². The first-order valence-electron chi connectivity index (χ1n) is 6.15. The van der Waals surface area contributed by atoms with Gasteiger partial charge in [0.15, 0.2) is 0 Å². The molecule has 1 fully saturated rings. The van der Waals surface area contributed by atoms with Gasteiger partial charge in [-0.1, -0.05) is 31.2 Å². The van der Waals surface area contributed by atoms with Gasteiger partial charge in [-0.15, -0.1) is 0 Å². The van der Waals surface area contributed by atoms with Gasteiger partial charge < -0.3 is 4.74 Å². The van der Waals surface area contributed by atoms with Crippen molar-refractivity contribution in [2.24, 2.45) is 0 Å². The second-order valence-electron chi connectivity index (χ2n) is 4.42. The minimum atomic E-state index is -0.106. The number of esters is 1. The molecule has 17 heavy (non-hydrogen) atoms. The summed E-state index contributed by atoms with van der Waals surface area (Å²) >= 11 is 0. The number of hydrogen-bond donors (Lipinski definition) is 0. The standard InChI is InChI=1S/C14H19NO2/c1-3-11-6-4-5-7-12(11)10-15-9-8-13(15)14(16)17-2/h4-7,13H,3,8-10H2,1-2H3. The van der Waals surface area contributed by atoms with E-state index < -0.39 is 0 Å². The Labute approximate surface area is 102 Å². The summed E-state index contributed by atoms with van der Waals surface area (Å²) in [6, 6.07) is 8.38. The molecule has 1 aromatic carbocycles. The Morgan fingerprint density at radius 3 is 2.65 bits per heavy atom. The lowest BCUT2D eigenvalue weighted by Gasteiger charge is -2.39. The molecule has 1 aliphatic heterocycles. The molecule has 1 saturated heterocycles. The van der Waals surface area contributed by atoms with Crippen molar-refractivity contribution in [3.05, 3.63) is 35.4 Å². The Kier molecular flexibility index (Phi) is 3.79. The van der Waals surface area contributed by atoms with Crippen LogP contribution in [0.1, 0.15) is 24.5 Å². The Balaban J connectivity index is 2.04. The molecule has 1 aromatic rings. The van der Waals surface area contributed by atoms with E-state index in [1.165, 1.54) is 18.2 Å². The third kappa shape index (κ3) is 2.50. The van der Waals surface area contributed by atoms with Gasteiger partial charge in [0.05, 0.1) is 7.11 Å². The summed E-state index contributed by atoms with van der Waals surface area (Å²) in [5.41, 5.74) is 2.69. The molecule has 92 valence electrons. The Bertz CT molecular complexity index is 403. The van der Waals surface area contributed by atoms with Gasteiger partial charge in [0.2, 0.25) is 0 Å². The van der Waals surface area contributed by atoms with E-state index in [1.807, 2.05) is 0 Å². The summed E-state index contributed by atoms with van der Waals surface area (Å²) in [5.74, 6) is -0.106. The number of rotatable bonds is 4. The summed E-state index contributed by atoms with van der Waals surface area (Å²) < 4.78 is 4.80. The van der Waals surface area contributed by atoms with E-state index in [-0.39, 0.29) is 12.0 Å². The first-order valence-corrected chi connectivity index (χ1v) is 6.15. The van der Waals surface area contributed by atoms with Gasteiger partial charge in [-0.3, -0.25) is 9.69 Å². The molecule has 0 radical (unpaired) electrons. The normalized spacial score (nSPS) is 19.8. The van der Waals surface area contributed by atoms with Crippen LogP contribution >= 0.6 is 0 Å². The molecule has 0 N–H and O–H groups in total. The molecular formula is C14H19NO2. The number of hydrogen-bond acceptors (Lipinski definition) is 3. The van der Waals surface area contributed by atoms with Gasteiger partial charge in [0.1, 0.15) is 6.04 Å². The van der Waals surface area contributed by atoms with Crippen molar-refractivity contribution < 1.29 is 9.53 Å². The number of methoxy groups -OCH3 is 1. The third-order valence-electron chi connectivity index (χ3n) is 3.48. The fourth-order valence-electron chi connectivity index (χ4n) is 2.31. The number of nitrogens with zero attached hydrogens (tertiary/aromatic N) is 1. The van der Waals surface area contributed by atoms with E-state index in [0.717, 1.165) is 25.9 Å². The van der Waals surface area contributed by atoms with Crippen LogP contribution in [0.15, 0.2) is 24.3 Å². The molecule has 2 rings (SSSR count). The lowest BCUT2D eigenvalue weighted by Crippen LogP contribution is -2.52. The second-order valence-corrected chi connectivity index (χ2v) is 4.42. The lowest BCUT2D eigenvalue weighted by atomic mass is 9.99. The Morgan fingerprint density at radius 1 is 1.41 bits per heavy atom. The van der Waals surface area contributed by atoms with Crippen molar-refractivity contribution in [2.45, 2.75) is 32.4 Å². The summed E-state index contributed by atoms with van der Waals surface area (Å²) in [7, 11) is 1.46. The van der Waals surface area contributed by atoms with Crippen LogP contribution in [0.3, 0.4) is 0 Å². The first kappa shape index (κ1) is 12.1. The summed E-state index contributed by atoms with van der Waals surface area (Å²) in [4.78, 5) is 13.7. The zero-order chi connectivity index (χ0) is 12.3. The number of carbonyl (C=O) groups excluding carboxylic acids is 1. The molecule has 1 unspecified atom stereocenters. The number of likely N-dealkylation sites (tertiary alicyclic amines) is 1. The SMILES string of the molecule is CCc1ccccc1CN1CCC1C(=O)OC. The highest BCUT2D eigenvalue weighted by Gasteiger charge is 2.34. The number of benzene rings is 1. The lowest BCUT2D eigenvalue weighted by molar-refractivity contribution is -0.152. The van der Waals surface area contributed by atoms with Gasteiger partial charge in [-0.25, -0.2) is 0 Å². The average Bonchev–Trinajstić information content (AvgIpc) is 2.34. The molecular weight excluding hydrogens is 214 g/mol. The van der Waals surface area contributed by atoms with Crippen LogP contribution in [-0.4, -0.2) is 30.6 Å². The monoisotopic (exact) mass is 233 g/mol. The largest absolute Gasteiger partial charge is 0.468 e. The second kappa shape index (κ2) is 5.32. The maximum atomic E-state index is 11.5. The van der Waals surface area contributed by atoms with Crippen molar-refractivity contribution in [1.82, 2.24) is 4.90 Å². The van der Waals surface area contributed by atoms with E-state index in [4.69, 9.17) is 4.74 Å². The highest BCUT2D eigenvalue weighted by Crippen LogP contribution is 2.23. The number of carbonyl (C=O) groups is 1. The van der Waals surface area contributed by atoms with Gasteiger partial charge in [-0.05, 0) is 24.0 Å². The van der Waals surface area contributed by atoms with Gasteiger partial charge in [-0.2, -0.15) is 0 Å². The third-order valence-corrected chi connectivity index (χ3v) is 3.48. The van der Waals surface area contributed by atoms with Crippen LogP contribution in [-0.2, 0) is 22.5 Å². The van der Waals surface area contributed by atoms with Gasteiger partial charge in [0, 0.05) is 13.1 Å². The topological polar surface area (TPSA) is 29.5 Å². The minimum Gasteiger partial charge on any atom is -0.468 e. The highest BCUT2D eigenvalue weighted by molar-refractivity contribution is 5.76. The highest BCUT2D eigenvalue weighted by atomic mass is 16.5. The van der Waals surface area contributed by atoms with Crippen LogP contribution < -0.4 is 0 Å². The summed E-state index contributed by atoms with van der Waals surface area (Å²) in [6.07, 6.45) is 1.95. The molecule has 0 saturated carbocycles. The van der Waals surface area contributed by atoms with Gasteiger partial charge in [0.25, 0.3) is 0 Å². The van der Waals surface area contributed by atoms with Crippen molar-refractivity contribution in [2.75, 3.05) is 13.7 Å². The molecule has 0 bridgehead atoms. The zero-order valence-corrected chi connectivity index (χ0v) is 10.5. The Hall–Kier alpha value is -1.35. The summed E-state index contributed by atoms with van der Waals surface area (Å²) in [6.45, 7) is 3.99. The van der Waals surface area contributed by atoms with E-state index in [0.29, 0.717) is 0 Å².